The molecule has 0 aliphatic rings. The molecule has 2 aromatic carbocycles. The van der Waals surface area contributed by atoms with E-state index in [4.69, 9.17) is 17.6 Å². The van der Waals surface area contributed by atoms with Gasteiger partial charge < -0.3 is 5.11 Å². The zero-order valence-electron chi connectivity index (χ0n) is 13.8. The van der Waals surface area contributed by atoms with Crippen molar-refractivity contribution in [3.05, 3.63) is 65.1 Å². The number of halogens is 1. The van der Waals surface area contributed by atoms with Gasteiger partial charge in [0.05, 0.1) is 6.61 Å². The molecule has 1 heterocycles. The third-order valence-corrected chi connectivity index (χ3v) is 3.85. The molecule has 0 saturated heterocycles. The second kappa shape index (κ2) is 7.63. The van der Waals surface area contributed by atoms with Crippen LogP contribution in [-0.2, 0) is 22.8 Å². The molecule has 0 aliphatic carbocycles. The Morgan fingerprint density at radius 1 is 1.12 bits per heavy atom. The third kappa shape index (κ3) is 3.98. The Balaban J connectivity index is 1.91. The molecule has 1 N–H and O–H groups in total. The number of aromatic nitrogens is 1. The van der Waals surface area contributed by atoms with Gasteiger partial charge in [-0.3, -0.25) is 4.98 Å². The Labute approximate surface area is 146 Å². The van der Waals surface area contributed by atoms with Gasteiger partial charge >= 0.3 is 0 Å². The summed E-state index contributed by atoms with van der Waals surface area (Å²) in [5.41, 5.74) is 3.31. The fourth-order valence-electron chi connectivity index (χ4n) is 2.64. The number of pyridine rings is 1. The highest BCUT2D eigenvalue weighted by Gasteiger charge is 2.12. The highest BCUT2D eigenvalue weighted by molar-refractivity contribution is 6.39. The molecule has 1 aromatic heterocycles. The molecule has 6 heteroatoms. The molecule has 0 bridgehead atoms. The van der Waals surface area contributed by atoms with Crippen molar-refractivity contribution < 1.29 is 19.3 Å². The van der Waals surface area contributed by atoms with E-state index in [0.717, 1.165) is 11.1 Å². The predicted molar refractivity (Wildman–Crippen MR) is 94.4 cm³/mol. The molecule has 25 heavy (non-hydrogen) atoms. The van der Waals surface area contributed by atoms with Crippen LogP contribution in [0.15, 0.2) is 42.6 Å². The number of hydrogen-bond donors (Lipinski definition) is 1. The number of nitrogens with zero attached hydrogens (tertiary/aromatic N) is 1. The smallest absolute Gasteiger partial charge is 0.147 e. The van der Waals surface area contributed by atoms with Crippen molar-refractivity contribution in [3.8, 4) is 5.75 Å². The van der Waals surface area contributed by atoms with Crippen LogP contribution in [0, 0.1) is 5.82 Å². The van der Waals surface area contributed by atoms with Gasteiger partial charge in [-0.05, 0) is 48.1 Å². The Bertz CT molecular complexity index is 884. The molecule has 0 unspecified atom stereocenters. The van der Waals surface area contributed by atoms with Crippen molar-refractivity contribution in [1.82, 2.24) is 4.98 Å². The fraction of sp³-hybridized carbons (Fsp3) is 0.211. The van der Waals surface area contributed by atoms with E-state index in [-0.39, 0.29) is 18.2 Å². The lowest BCUT2D eigenvalue weighted by atomic mass is 9.88. The van der Waals surface area contributed by atoms with Crippen LogP contribution in [0.2, 0.25) is 0 Å². The number of aromatic hydroxyl groups is 1. The minimum atomic E-state index is -0.267. The van der Waals surface area contributed by atoms with Gasteiger partial charge in [0, 0.05) is 11.8 Å². The molecule has 0 amide bonds. The minimum Gasteiger partial charge on any atom is -0.505 e. The molecule has 0 spiro atoms. The standard InChI is InChI=1S/C19H17BFNO3/c1-2-24-25-11-14-9-17(20)16-8-13(10-22-18(16)19(14)23)7-12-3-5-15(21)6-4-12/h3-6,8-10,23H,2,7,11H2,1H3. The zero-order valence-corrected chi connectivity index (χ0v) is 13.8. The Morgan fingerprint density at radius 3 is 2.60 bits per heavy atom. The van der Waals surface area contributed by atoms with E-state index in [1.54, 1.807) is 31.3 Å². The first-order chi connectivity index (χ1) is 12.1. The average molecular weight is 337 g/mol. The van der Waals surface area contributed by atoms with E-state index in [1.165, 1.54) is 12.1 Å². The highest BCUT2D eigenvalue weighted by Crippen LogP contribution is 2.27. The summed E-state index contributed by atoms with van der Waals surface area (Å²) in [5, 5.41) is 11.1. The number of benzene rings is 2. The van der Waals surface area contributed by atoms with Crippen molar-refractivity contribution in [3.63, 3.8) is 0 Å². The highest BCUT2D eigenvalue weighted by atomic mass is 19.1. The molecule has 3 rings (SSSR count). The summed E-state index contributed by atoms with van der Waals surface area (Å²) in [6.07, 6.45) is 2.27. The number of rotatable bonds is 6. The van der Waals surface area contributed by atoms with Crippen molar-refractivity contribution >= 4 is 24.2 Å². The summed E-state index contributed by atoms with van der Waals surface area (Å²) in [7, 11) is 6.12. The van der Waals surface area contributed by atoms with Crippen LogP contribution in [0.25, 0.3) is 10.9 Å². The van der Waals surface area contributed by atoms with Crippen molar-refractivity contribution in [1.29, 1.82) is 0 Å². The largest absolute Gasteiger partial charge is 0.505 e. The zero-order chi connectivity index (χ0) is 17.8. The quantitative estimate of drug-likeness (QED) is 0.325. The van der Waals surface area contributed by atoms with Crippen LogP contribution >= 0.6 is 0 Å². The maximum Gasteiger partial charge on any atom is 0.147 e. The second-order valence-electron chi connectivity index (χ2n) is 5.69. The van der Waals surface area contributed by atoms with E-state index in [1.807, 2.05) is 6.07 Å². The summed E-state index contributed by atoms with van der Waals surface area (Å²) in [6, 6.07) is 9.85. The topological polar surface area (TPSA) is 51.6 Å². The number of phenols is 1. The third-order valence-electron chi connectivity index (χ3n) is 3.85. The fourth-order valence-corrected chi connectivity index (χ4v) is 2.64. The van der Waals surface area contributed by atoms with E-state index in [9.17, 15) is 9.50 Å². The van der Waals surface area contributed by atoms with Gasteiger partial charge in [0.15, 0.2) is 0 Å². The van der Waals surface area contributed by atoms with E-state index in [0.29, 0.717) is 35.0 Å². The molecule has 0 saturated carbocycles. The van der Waals surface area contributed by atoms with E-state index < -0.39 is 0 Å². The van der Waals surface area contributed by atoms with Crippen LogP contribution in [0.1, 0.15) is 23.6 Å². The van der Waals surface area contributed by atoms with Gasteiger partial charge in [-0.15, -0.1) is 0 Å². The van der Waals surface area contributed by atoms with Gasteiger partial charge in [-0.2, -0.15) is 0 Å². The predicted octanol–water partition coefficient (Wildman–Crippen LogP) is 2.93. The second-order valence-corrected chi connectivity index (χ2v) is 5.69. The van der Waals surface area contributed by atoms with Crippen molar-refractivity contribution in [2.24, 2.45) is 0 Å². The minimum absolute atomic E-state index is 0.0252. The summed E-state index contributed by atoms with van der Waals surface area (Å²) >= 11 is 0. The lowest BCUT2D eigenvalue weighted by Gasteiger charge is -2.12. The van der Waals surface area contributed by atoms with E-state index in [2.05, 4.69) is 4.98 Å². The Morgan fingerprint density at radius 2 is 1.88 bits per heavy atom. The van der Waals surface area contributed by atoms with Gasteiger partial charge in [0.1, 0.15) is 31.5 Å². The lowest BCUT2D eigenvalue weighted by molar-refractivity contribution is -0.300. The molecule has 3 aromatic rings. The first kappa shape index (κ1) is 17.4. The molecule has 126 valence electrons. The Hall–Kier alpha value is -2.44. The molecular weight excluding hydrogens is 320 g/mol. The number of fused-ring (bicyclic) bond motifs is 1. The Kier molecular flexibility index (Phi) is 5.31. The average Bonchev–Trinajstić information content (AvgIpc) is 2.61. The SMILES string of the molecule is [B]c1cc(COOCC)c(O)c2ncc(Cc3ccc(F)cc3)cc12. The van der Waals surface area contributed by atoms with Crippen LogP contribution in [-0.4, -0.2) is 24.5 Å². The molecule has 0 fully saturated rings. The maximum atomic E-state index is 13.0. The van der Waals surface area contributed by atoms with Gasteiger partial charge in [-0.1, -0.05) is 23.7 Å². The number of hydrogen-bond acceptors (Lipinski definition) is 4. The summed E-state index contributed by atoms with van der Waals surface area (Å²) < 4.78 is 13.0. The first-order valence-corrected chi connectivity index (χ1v) is 7.96. The van der Waals surface area contributed by atoms with Crippen molar-refractivity contribution in [2.45, 2.75) is 20.0 Å². The van der Waals surface area contributed by atoms with Gasteiger partial charge in [-0.25, -0.2) is 14.2 Å². The normalized spacial score (nSPS) is 11.1. The molecule has 4 nitrogen and oxygen atoms in total. The molecule has 0 atom stereocenters. The van der Waals surface area contributed by atoms with Crippen LogP contribution in [0.4, 0.5) is 4.39 Å². The van der Waals surface area contributed by atoms with Crippen LogP contribution < -0.4 is 5.46 Å². The summed E-state index contributed by atoms with van der Waals surface area (Å²) in [6.45, 7) is 2.30. The van der Waals surface area contributed by atoms with Crippen LogP contribution in [0.3, 0.4) is 0 Å². The summed E-state index contributed by atoms with van der Waals surface area (Å²) in [5.74, 6) is -0.242. The first-order valence-electron chi connectivity index (χ1n) is 7.96. The van der Waals surface area contributed by atoms with Crippen molar-refractivity contribution in [2.75, 3.05) is 6.61 Å². The lowest BCUT2D eigenvalue weighted by Crippen LogP contribution is -2.09. The number of phenolic OH excluding ortho intramolecular Hbond substituents is 1. The van der Waals surface area contributed by atoms with E-state index >= 15 is 0 Å². The molecule has 2 radical (unpaired) electrons. The molecule has 0 aliphatic heterocycles. The molecular formula is C19H17BFNO3. The maximum absolute atomic E-state index is 13.0. The van der Waals surface area contributed by atoms with Gasteiger partial charge in [0.2, 0.25) is 0 Å². The monoisotopic (exact) mass is 337 g/mol. The van der Waals surface area contributed by atoms with Gasteiger partial charge in [0.25, 0.3) is 0 Å². The van der Waals surface area contributed by atoms with Crippen LogP contribution in [0.5, 0.6) is 5.75 Å². The summed E-state index contributed by atoms with van der Waals surface area (Å²) in [4.78, 5) is 14.2.